The fourth-order valence-electron chi connectivity index (χ4n) is 3.58. The molecule has 0 unspecified atom stereocenters. The Morgan fingerprint density at radius 3 is 2.72 bits per heavy atom. The van der Waals surface area contributed by atoms with Crippen LogP contribution in [0.3, 0.4) is 0 Å². The standard InChI is InChI=1S/C19H29N3O3/c1-15-13-17(7-10-25-15)21-19(23)20-14-18(16-5-3-2-4-6-16)22-8-11-24-12-9-22/h2-6,15,17-18H,7-14H2,1H3,(H2,20,21,23)/t15-,17+,18+/m1/s1. The van der Waals surface area contributed by atoms with Crippen molar-refractivity contribution < 1.29 is 14.3 Å². The van der Waals surface area contributed by atoms with Crippen LogP contribution in [0.15, 0.2) is 30.3 Å². The van der Waals surface area contributed by atoms with Gasteiger partial charge in [-0.3, -0.25) is 4.90 Å². The Morgan fingerprint density at radius 1 is 1.24 bits per heavy atom. The summed E-state index contributed by atoms with van der Waals surface area (Å²) < 4.78 is 11.0. The average Bonchev–Trinajstić information content (AvgIpc) is 2.64. The first-order valence-electron chi connectivity index (χ1n) is 9.25. The second-order valence-corrected chi connectivity index (χ2v) is 6.83. The Hall–Kier alpha value is -1.63. The van der Waals surface area contributed by atoms with E-state index in [1.165, 1.54) is 5.56 Å². The Morgan fingerprint density at radius 2 is 2.00 bits per heavy atom. The Kier molecular flexibility index (Phi) is 6.67. The molecule has 138 valence electrons. The van der Waals surface area contributed by atoms with E-state index in [1.54, 1.807) is 0 Å². The van der Waals surface area contributed by atoms with E-state index in [-0.39, 0.29) is 24.2 Å². The molecule has 2 saturated heterocycles. The van der Waals surface area contributed by atoms with E-state index < -0.39 is 0 Å². The van der Waals surface area contributed by atoms with E-state index in [4.69, 9.17) is 9.47 Å². The van der Waals surface area contributed by atoms with Crippen LogP contribution in [0.1, 0.15) is 31.4 Å². The largest absolute Gasteiger partial charge is 0.379 e. The molecule has 0 spiro atoms. The van der Waals surface area contributed by atoms with Crippen LogP contribution in [-0.4, -0.2) is 62.5 Å². The molecule has 0 bridgehead atoms. The van der Waals surface area contributed by atoms with E-state index in [0.29, 0.717) is 13.2 Å². The lowest BCUT2D eigenvalue weighted by molar-refractivity contribution is 0.0141. The zero-order valence-electron chi connectivity index (χ0n) is 14.9. The van der Waals surface area contributed by atoms with Crippen LogP contribution in [0.2, 0.25) is 0 Å². The summed E-state index contributed by atoms with van der Waals surface area (Å²) in [6.45, 7) is 6.63. The first-order chi connectivity index (χ1) is 12.2. The van der Waals surface area contributed by atoms with Gasteiger partial charge in [0.25, 0.3) is 0 Å². The second-order valence-electron chi connectivity index (χ2n) is 6.83. The summed E-state index contributed by atoms with van der Waals surface area (Å²) >= 11 is 0. The van der Waals surface area contributed by atoms with Gasteiger partial charge in [-0.15, -0.1) is 0 Å². The molecule has 2 amide bonds. The molecule has 3 rings (SSSR count). The maximum Gasteiger partial charge on any atom is 0.315 e. The van der Waals surface area contributed by atoms with E-state index in [1.807, 2.05) is 18.2 Å². The third-order valence-corrected chi connectivity index (χ3v) is 4.95. The lowest BCUT2D eigenvalue weighted by atomic mass is 10.0. The van der Waals surface area contributed by atoms with Gasteiger partial charge in [-0.1, -0.05) is 30.3 Å². The third-order valence-electron chi connectivity index (χ3n) is 4.95. The van der Waals surface area contributed by atoms with Crippen LogP contribution in [-0.2, 0) is 9.47 Å². The monoisotopic (exact) mass is 347 g/mol. The van der Waals surface area contributed by atoms with Gasteiger partial charge in [0.1, 0.15) is 0 Å². The highest BCUT2D eigenvalue weighted by Crippen LogP contribution is 2.21. The summed E-state index contributed by atoms with van der Waals surface area (Å²) in [7, 11) is 0. The van der Waals surface area contributed by atoms with Gasteiger partial charge in [0, 0.05) is 32.3 Å². The molecule has 1 aromatic rings. The van der Waals surface area contributed by atoms with Crippen LogP contribution < -0.4 is 10.6 Å². The minimum atomic E-state index is -0.0895. The predicted molar refractivity (Wildman–Crippen MR) is 96.5 cm³/mol. The molecule has 3 atom stereocenters. The summed E-state index contributed by atoms with van der Waals surface area (Å²) in [5.74, 6) is 0. The normalized spacial score (nSPS) is 26.0. The van der Waals surface area contributed by atoms with E-state index in [9.17, 15) is 4.79 Å². The fraction of sp³-hybridized carbons (Fsp3) is 0.632. The quantitative estimate of drug-likeness (QED) is 0.854. The van der Waals surface area contributed by atoms with E-state index >= 15 is 0 Å². The van der Waals surface area contributed by atoms with Crippen LogP contribution in [0.5, 0.6) is 0 Å². The smallest absolute Gasteiger partial charge is 0.315 e. The molecule has 2 fully saturated rings. The Balaban J connectivity index is 1.55. The molecular weight excluding hydrogens is 318 g/mol. The number of rotatable bonds is 5. The number of morpholine rings is 1. The molecule has 25 heavy (non-hydrogen) atoms. The molecule has 0 saturated carbocycles. The highest BCUT2D eigenvalue weighted by molar-refractivity contribution is 5.74. The highest BCUT2D eigenvalue weighted by Gasteiger charge is 2.24. The van der Waals surface area contributed by atoms with Crippen molar-refractivity contribution in [1.29, 1.82) is 0 Å². The summed E-state index contributed by atoms with van der Waals surface area (Å²) in [5.41, 5.74) is 1.23. The second kappa shape index (κ2) is 9.17. The van der Waals surface area contributed by atoms with Crippen molar-refractivity contribution in [3.05, 3.63) is 35.9 Å². The number of ether oxygens (including phenoxy) is 2. The molecule has 2 aliphatic heterocycles. The van der Waals surface area contributed by atoms with Gasteiger partial charge in [-0.05, 0) is 25.3 Å². The molecule has 1 aromatic carbocycles. The minimum absolute atomic E-state index is 0.0895. The molecule has 0 aliphatic carbocycles. The lowest BCUT2D eigenvalue weighted by Crippen LogP contribution is -2.49. The minimum Gasteiger partial charge on any atom is -0.379 e. The van der Waals surface area contributed by atoms with Crippen molar-refractivity contribution in [1.82, 2.24) is 15.5 Å². The fourth-order valence-corrected chi connectivity index (χ4v) is 3.58. The van der Waals surface area contributed by atoms with Crippen LogP contribution in [0, 0.1) is 0 Å². The summed E-state index contributed by atoms with van der Waals surface area (Å²) in [6, 6.07) is 10.6. The Labute approximate surface area is 149 Å². The van der Waals surface area contributed by atoms with Gasteiger partial charge in [0.15, 0.2) is 0 Å². The predicted octanol–water partition coefficient (Wildman–Crippen LogP) is 1.93. The third kappa shape index (κ3) is 5.42. The number of carbonyl (C=O) groups excluding carboxylic acids is 1. The number of hydrogen-bond acceptors (Lipinski definition) is 4. The summed E-state index contributed by atoms with van der Waals surface area (Å²) in [6.07, 6.45) is 1.96. The molecule has 2 heterocycles. The van der Waals surface area contributed by atoms with Crippen molar-refractivity contribution in [2.45, 2.75) is 38.0 Å². The number of urea groups is 1. The van der Waals surface area contributed by atoms with E-state index in [2.05, 4.69) is 34.6 Å². The molecule has 6 nitrogen and oxygen atoms in total. The van der Waals surface area contributed by atoms with Crippen LogP contribution in [0.25, 0.3) is 0 Å². The van der Waals surface area contributed by atoms with Gasteiger partial charge in [-0.25, -0.2) is 4.79 Å². The van der Waals surface area contributed by atoms with Crippen molar-refractivity contribution >= 4 is 6.03 Å². The highest BCUT2D eigenvalue weighted by atomic mass is 16.5. The van der Waals surface area contributed by atoms with Gasteiger partial charge in [0.2, 0.25) is 0 Å². The van der Waals surface area contributed by atoms with Gasteiger partial charge in [0.05, 0.1) is 25.4 Å². The number of amides is 2. The molecule has 0 radical (unpaired) electrons. The molecule has 0 aromatic heterocycles. The zero-order valence-corrected chi connectivity index (χ0v) is 14.9. The Bertz CT molecular complexity index is 534. The molecular formula is C19H29N3O3. The van der Waals surface area contributed by atoms with E-state index in [0.717, 1.165) is 39.1 Å². The van der Waals surface area contributed by atoms with Crippen molar-refractivity contribution in [3.8, 4) is 0 Å². The maximum absolute atomic E-state index is 12.3. The van der Waals surface area contributed by atoms with Crippen molar-refractivity contribution in [2.24, 2.45) is 0 Å². The SMILES string of the molecule is C[C@@H]1C[C@@H](NC(=O)NC[C@@H](c2ccccc2)N2CCOCC2)CCO1. The average molecular weight is 347 g/mol. The molecule has 2 aliphatic rings. The summed E-state index contributed by atoms with van der Waals surface area (Å²) in [5, 5.41) is 6.15. The first-order valence-corrected chi connectivity index (χ1v) is 9.25. The summed E-state index contributed by atoms with van der Waals surface area (Å²) in [4.78, 5) is 14.7. The zero-order chi connectivity index (χ0) is 17.5. The van der Waals surface area contributed by atoms with Gasteiger partial charge in [-0.2, -0.15) is 0 Å². The topological polar surface area (TPSA) is 62.8 Å². The maximum atomic E-state index is 12.3. The van der Waals surface area contributed by atoms with Gasteiger partial charge >= 0.3 is 6.03 Å². The van der Waals surface area contributed by atoms with Crippen molar-refractivity contribution in [2.75, 3.05) is 39.5 Å². The number of carbonyl (C=O) groups is 1. The van der Waals surface area contributed by atoms with Crippen LogP contribution in [0.4, 0.5) is 4.79 Å². The number of benzene rings is 1. The van der Waals surface area contributed by atoms with Crippen LogP contribution >= 0.6 is 0 Å². The van der Waals surface area contributed by atoms with Crippen molar-refractivity contribution in [3.63, 3.8) is 0 Å². The number of hydrogen-bond donors (Lipinski definition) is 2. The lowest BCUT2D eigenvalue weighted by Gasteiger charge is -2.35. The molecule has 2 N–H and O–H groups in total. The van der Waals surface area contributed by atoms with Gasteiger partial charge < -0.3 is 20.1 Å². The first kappa shape index (κ1) is 18.2. The molecule has 6 heteroatoms. The number of nitrogens with zero attached hydrogens (tertiary/aromatic N) is 1. The number of nitrogens with one attached hydrogen (secondary N) is 2.